The Morgan fingerprint density at radius 1 is 1.32 bits per heavy atom. The molecule has 1 aliphatic rings. The predicted molar refractivity (Wildman–Crippen MR) is 90.0 cm³/mol. The standard InChI is InChI=1S/C18H22N2OS/c1-14(13-15-5-3-2-4-6-15)18(21)20-10-7-16(8-11-20)17-19-9-12-22-17/h2-6,9,12,14,16H,7-8,10-11,13H2,1H3. The van der Waals surface area contributed by atoms with Gasteiger partial charge in [0.25, 0.3) is 0 Å². The number of rotatable bonds is 4. The monoisotopic (exact) mass is 314 g/mol. The normalized spacial score (nSPS) is 17.4. The quantitative estimate of drug-likeness (QED) is 0.861. The number of carbonyl (C=O) groups excluding carboxylic acids is 1. The number of thiazole rings is 1. The summed E-state index contributed by atoms with van der Waals surface area (Å²) < 4.78 is 0. The van der Waals surface area contributed by atoms with Crippen molar-refractivity contribution in [2.24, 2.45) is 5.92 Å². The molecule has 1 saturated heterocycles. The van der Waals surface area contributed by atoms with Crippen LogP contribution in [0.2, 0.25) is 0 Å². The van der Waals surface area contributed by atoms with Crippen LogP contribution in [0.15, 0.2) is 41.9 Å². The highest BCUT2D eigenvalue weighted by Gasteiger charge is 2.27. The van der Waals surface area contributed by atoms with Crippen molar-refractivity contribution in [1.29, 1.82) is 0 Å². The molecule has 0 N–H and O–H groups in total. The van der Waals surface area contributed by atoms with E-state index < -0.39 is 0 Å². The second-order valence-corrected chi connectivity index (χ2v) is 6.99. The Morgan fingerprint density at radius 3 is 2.68 bits per heavy atom. The number of hydrogen-bond donors (Lipinski definition) is 0. The highest BCUT2D eigenvalue weighted by atomic mass is 32.1. The van der Waals surface area contributed by atoms with Crippen molar-refractivity contribution >= 4 is 17.2 Å². The van der Waals surface area contributed by atoms with Crippen LogP contribution in [0.5, 0.6) is 0 Å². The van der Waals surface area contributed by atoms with Crippen LogP contribution in [0.4, 0.5) is 0 Å². The summed E-state index contributed by atoms with van der Waals surface area (Å²) in [7, 11) is 0. The molecule has 3 nitrogen and oxygen atoms in total. The molecule has 2 aromatic rings. The van der Waals surface area contributed by atoms with E-state index in [1.807, 2.05) is 41.6 Å². The lowest BCUT2D eigenvalue weighted by Crippen LogP contribution is -2.41. The zero-order valence-electron chi connectivity index (χ0n) is 12.9. The largest absolute Gasteiger partial charge is 0.342 e. The molecule has 2 heterocycles. The molecule has 0 spiro atoms. The fraction of sp³-hybridized carbons (Fsp3) is 0.444. The Bertz CT molecular complexity index is 589. The molecule has 4 heteroatoms. The van der Waals surface area contributed by atoms with Gasteiger partial charge in [0, 0.05) is 36.5 Å². The van der Waals surface area contributed by atoms with Crippen molar-refractivity contribution in [3.63, 3.8) is 0 Å². The van der Waals surface area contributed by atoms with Gasteiger partial charge in [-0.15, -0.1) is 11.3 Å². The lowest BCUT2D eigenvalue weighted by atomic mass is 9.94. The van der Waals surface area contributed by atoms with Gasteiger partial charge < -0.3 is 4.90 Å². The zero-order valence-corrected chi connectivity index (χ0v) is 13.8. The average molecular weight is 314 g/mol. The Labute approximate surface area is 136 Å². The van der Waals surface area contributed by atoms with Crippen molar-refractivity contribution in [2.45, 2.75) is 32.1 Å². The van der Waals surface area contributed by atoms with E-state index in [9.17, 15) is 4.79 Å². The number of amides is 1. The Kier molecular flexibility index (Phi) is 4.88. The summed E-state index contributed by atoms with van der Waals surface area (Å²) >= 11 is 1.73. The molecule has 1 amide bonds. The molecule has 1 fully saturated rings. The van der Waals surface area contributed by atoms with Gasteiger partial charge in [0.15, 0.2) is 0 Å². The number of hydrogen-bond acceptors (Lipinski definition) is 3. The highest BCUT2D eigenvalue weighted by Crippen LogP contribution is 2.29. The molecular formula is C18H22N2OS. The van der Waals surface area contributed by atoms with Crippen LogP contribution in [-0.2, 0) is 11.2 Å². The van der Waals surface area contributed by atoms with E-state index in [2.05, 4.69) is 17.1 Å². The number of carbonyl (C=O) groups is 1. The first kappa shape index (κ1) is 15.2. The van der Waals surface area contributed by atoms with Crippen molar-refractivity contribution in [3.05, 3.63) is 52.5 Å². The molecule has 0 saturated carbocycles. The zero-order chi connectivity index (χ0) is 15.4. The topological polar surface area (TPSA) is 33.2 Å². The number of likely N-dealkylation sites (tertiary alicyclic amines) is 1. The molecule has 3 rings (SSSR count). The first-order valence-electron chi connectivity index (χ1n) is 7.96. The van der Waals surface area contributed by atoms with E-state index >= 15 is 0 Å². The number of aromatic nitrogens is 1. The van der Waals surface area contributed by atoms with Gasteiger partial charge in [-0.3, -0.25) is 4.79 Å². The molecule has 22 heavy (non-hydrogen) atoms. The molecule has 1 aromatic heterocycles. The first-order chi connectivity index (χ1) is 10.7. The lowest BCUT2D eigenvalue weighted by Gasteiger charge is -2.33. The summed E-state index contributed by atoms with van der Waals surface area (Å²) in [5.74, 6) is 0.883. The van der Waals surface area contributed by atoms with E-state index in [4.69, 9.17) is 0 Å². The number of benzene rings is 1. The maximum Gasteiger partial charge on any atom is 0.225 e. The van der Waals surface area contributed by atoms with Crippen LogP contribution in [-0.4, -0.2) is 28.9 Å². The SMILES string of the molecule is CC(Cc1ccccc1)C(=O)N1CCC(c2nccs2)CC1. The van der Waals surface area contributed by atoms with Gasteiger partial charge in [-0.25, -0.2) is 4.98 Å². The molecular weight excluding hydrogens is 292 g/mol. The van der Waals surface area contributed by atoms with Gasteiger partial charge in [-0.2, -0.15) is 0 Å². The van der Waals surface area contributed by atoms with Gasteiger partial charge >= 0.3 is 0 Å². The summed E-state index contributed by atoms with van der Waals surface area (Å²) in [6.45, 7) is 3.77. The van der Waals surface area contributed by atoms with Crippen molar-refractivity contribution in [2.75, 3.05) is 13.1 Å². The van der Waals surface area contributed by atoms with Gasteiger partial charge in [0.2, 0.25) is 5.91 Å². The minimum Gasteiger partial charge on any atom is -0.342 e. The third-order valence-corrected chi connectivity index (χ3v) is 5.35. The number of piperidine rings is 1. The minimum absolute atomic E-state index is 0.0545. The molecule has 0 aliphatic carbocycles. The van der Waals surface area contributed by atoms with Crippen molar-refractivity contribution in [1.82, 2.24) is 9.88 Å². The van der Waals surface area contributed by atoms with E-state index in [1.54, 1.807) is 11.3 Å². The number of nitrogens with zero attached hydrogens (tertiary/aromatic N) is 2. The second kappa shape index (κ2) is 7.05. The predicted octanol–water partition coefficient (Wildman–Crippen LogP) is 3.73. The summed E-state index contributed by atoms with van der Waals surface area (Å²) in [5, 5.41) is 3.26. The van der Waals surface area contributed by atoms with E-state index in [0.29, 0.717) is 11.8 Å². The van der Waals surface area contributed by atoms with Crippen LogP contribution >= 0.6 is 11.3 Å². The Balaban J connectivity index is 1.53. The maximum atomic E-state index is 12.6. The van der Waals surface area contributed by atoms with Gasteiger partial charge in [0.05, 0.1) is 5.01 Å². The first-order valence-corrected chi connectivity index (χ1v) is 8.84. The molecule has 1 unspecified atom stereocenters. The molecule has 1 aliphatic heterocycles. The van der Waals surface area contributed by atoms with Crippen molar-refractivity contribution in [3.8, 4) is 0 Å². The summed E-state index contributed by atoms with van der Waals surface area (Å²) in [6.07, 6.45) is 4.78. The maximum absolute atomic E-state index is 12.6. The van der Waals surface area contributed by atoms with Crippen LogP contribution in [0, 0.1) is 5.92 Å². The van der Waals surface area contributed by atoms with Gasteiger partial charge in [0.1, 0.15) is 0 Å². The summed E-state index contributed by atoms with van der Waals surface area (Å²) in [6, 6.07) is 10.3. The van der Waals surface area contributed by atoms with E-state index in [1.165, 1.54) is 10.6 Å². The van der Waals surface area contributed by atoms with Crippen molar-refractivity contribution < 1.29 is 4.79 Å². The lowest BCUT2D eigenvalue weighted by molar-refractivity contribution is -0.136. The fourth-order valence-corrected chi connectivity index (χ4v) is 3.96. The minimum atomic E-state index is 0.0545. The molecule has 0 bridgehead atoms. The molecule has 116 valence electrons. The van der Waals surface area contributed by atoms with Crippen LogP contribution in [0.1, 0.15) is 36.3 Å². The average Bonchev–Trinajstić information content (AvgIpc) is 3.10. The third kappa shape index (κ3) is 3.55. The highest BCUT2D eigenvalue weighted by molar-refractivity contribution is 7.09. The molecule has 0 radical (unpaired) electrons. The Hall–Kier alpha value is -1.68. The van der Waals surface area contributed by atoms with Crippen LogP contribution in [0.25, 0.3) is 0 Å². The van der Waals surface area contributed by atoms with Gasteiger partial charge in [-0.1, -0.05) is 37.3 Å². The fourth-order valence-electron chi connectivity index (χ4n) is 3.15. The van der Waals surface area contributed by atoms with Crippen LogP contribution < -0.4 is 0 Å². The third-order valence-electron chi connectivity index (χ3n) is 4.41. The van der Waals surface area contributed by atoms with E-state index in [-0.39, 0.29) is 5.92 Å². The second-order valence-electron chi connectivity index (χ2n) is 6.06. The van der Waals surface area contributed by atoms with Crippen LogP contribution in [0.3, 0.4) is 0 Å². The van der Waals surface area contributed by atoms with Gasteiger partial charge in [-0.05, 0) is 24.8 Å². The molecule has 1 atom stereocenters. The smallest absolute Gasteiger partial charge is 0.225 e. The van der Waals surface area contributed by atoms with E-state index in [0.717, 1.165) is 32.4 Å². The summed E-state index contributed by atoms with van der Waals surface area (Å²) in [5.41, 5.74) is 1.24. The molecule has 1 aromatic carbocycles. The summed E-state index contributed by atoms with van der Waals surface area (Å²) in [4.78, 5) is 19.1. The Morgan fingerprint density at radius 2 is 2.05 bits per heavy atom.